The summed E-state index contributed by atoms with van der Waals surface area (Å²) in [6, 6.07) is 17.8. The van der Waals surface area contributed by atoms with Crippen LogP contribution in [0.5, 0.6) is 0 Å². The lowest BCUT2D eigenvalue weighted by Gasteiger charge is -2.10. The molecule has 0 saturated heterocycles. The smallest absolute Gasteiger partial charge is 0.0962 e. The molecule has 0 fully saturated rings. The topological polar surface area (TPSA) is 23.8 Å². The fourth-order valence-corrected chi connectivity index (χ4v) is 1.88. The average molecular weight is 242 g/mol. The highest BCUT2D eigenvalue weighted by atomic mass is 35.5. The van der Waals surface area contributed by atoms with E-state index in [1.54, 1.807) is 0 Å². The summed E-state index contributed by atoms with van der Waals surface area (Å²) >= 11 is 5.84. The van der Waals surface area contributed by atoms with Crippen LogP contribution in [-0.4, -0.2) is 0 Å². The molecule has 17 heavy (non-hydrogen) atoms. The molecule has 0 heterocycles. The molecule has 0 saturated carbocycles. The Balaban J connectivity index is 2.37. The van der Waals surface area contributed by atoms with Crippen LogP contribution < -0.4 is 0 Å². The Bertz CT molecular complexity index is 489. The Labute approximate surface area is 106 Å². The van der Waals surface area contributed by atoms with Gasteiger partial charge in [0.25, 0.3) is 0 Å². The van der Waals surface area contributed by atoms with Gasteiger partial charge >= 0.3 is 0 Å². The third-order valence-electron chi connectivity index (χ3n) is 2.74. The lowest BCUT2D eigenvalue weighted by Crippen LogP contribution is -1.97. The molecule has 0 N–H and O–H groups in total. The predicted octanol–water partition coefficient (Wildman–Crippen LogP) is 4.30. The molecule has 0 bridgehead atoms. The molecule has 84 valence electrons. The molecule has 2 rings (SSSR count). The standard InChI is InChI=1S/C15H12ClN/c1-11-2-4-12(5-3-11)15(10-17)13-6-8-14(16)9-7-13/h2-9,15H,1H3/t15-/m0/s1. The van der Waals surface area contributed by atoms with E-state index in [1.807, 2.05) is 55.5 Å². The maximum Gasteiger partial charge on any atom is 0.0962 e. The minimum atomic E-state index is -0.229. The van der Waals surface area contributed by atoms with Gasteiger partial charge in [0.05, 0.1) is 12.0 Å². The second kappa shape index (κ2) is 5.03. The fourth-order valence-electron chi connectivity index (χ4n) is 1.76. The van der Waals surface area contributed by atoms with Gasteiger partial charge in [-0.25, -0.2) is 0 Å². The van der Waals surface area contributed by atoms with Crippen molar-refractivity contribution in [2.45, 2.75) is 12.8 Å². The van der Waals surface area contributed by atoms with Crippen LogP contribution in [0, 0.1) is 18.3 Å². The second-order valence-electron chi connectivity index (χ2n) is 4.02. The molecule has 0 spiro atoms. The zero-order valence-corrected chi connectivity index (χ0v) is 10.3. The molecule has 2 heteroatoms. The Morgan fingerprint density at radius 1 is 0.941 bits per heavy atom. The highest BCUT2D eigenvalue weighted by Crippen LogP contribution is 2.25. The number of hydrogen-bond acceptors (Lipinski definition) is 1. The van der Waals surface area contributed by atoms with E-state index in [1.165, 1.54) is 5.56 Å². The Kier molecular flexibility index (Phi) is 3.46. The molecular formula is C15H12ClN. The maximum absolute atomic E-state index is 9.29. The van der Waals surface area contributed by atoms with Crippen LogP contribution in [0.4, 0.5) is 0 Å². The molecule has 0 amide bonds. The number of nitrogens with zero attached hydrogens (tertiary/aromatic N) is 1. The van der Waals surface area contributed by atoms with E-state index in [0.29, 0.717) is 5.02 Å². The number of hydrogen-bond donors (Lipinski definition) is 0. The van der Waals surface area contributed by atoms with Gasteiger partial charge < -0.3 is 0 Å². The number of benzene rings is 2. The molecule has 0 aliphatic rings. The zero-order valence-electron chi connectivity index (χ0n) is 9.52. The summed E-state index contributed by atoms with van der Waals surface area (Å²) < 4.78 is 0. The van der Waals surface area contributed by atoms with Crippen molar-refractivity contribution in [3.05, 3.63) is 70.2 Å². The number of halogens is 1. The normalized spacial score (nSPS) is 11.8. The van der Waals surface area contributed by atoms with E-state index >= 15 is 0 Å². The van der Waals surface area contributed by atoms with Gasteiger partial charge in [-0.15, -0.1) is 0 Å². The van der Waals surface area contributed by atoms with Gasteiger partial charge in [0, 0.05) is 5.02 Å². The van der Waals surface area contributed by atoms with Gasteiger partial charge in [0.15, 0.2) is 0 Å². The van der Waals surface area contributed by atoms with Crippen LogP contribution in [0.3, 0.4) is 0 Å². The van der Waals surface area contributed by atoms with Crippen LogP contribution in [0.15, 0.2) is 48.5 Å². The van der Waals surface area contributed by atoms with E-state index in [0.717, 1.165) is 11.1 Å². The second-order valence-corrected chi connectivity index (χ2v) is 4.46. The summed E-state index contributed by atoms with van der Waals surface area (Å²) in [7, 11) is 0. The molecule has 1 nitrogen and oxygen atoms in total. The van der Waals surface area contributed by atoms with Crippen LogP contribution >= 0.6 is 11.6 Å². The molecule has 0 aromatic heterocycles. The van der Waals surface area contributed by atoms with Crippen molar-refractivity contribution in [1.29, 1.82) is 5.26 Å². The largest absolute Gasteiger partial charge is 0.197 e. The highest BCUT2D eigenvalue weighted by molar-refractivity contribution is 6.30. The van der Waals surface area contributed by atoms with Crippen LogP contribution in [0.25, 0.3) is 0 Å². The Morgan fingerprint density at radius 3 is 1.88 bits per heavy atom. The SMILES string of the molecule is Cc1ccc([C@H](C#N)c2ccc(Cl)cc2)cc1. The van der Waals surface area contributed by atoms with Gasteiger partial charge in [-0.2, -0.15) is 5.26 Å². The molecule has 0 unspecified atom stereocenters. The highest BCUT2D eigenvalue weighted by Gasteiger charge is 2.12. The van der Waals surface area contributed by atoms with Crippen molar-refractivity contribution in [3.63, 3.8) is 0 Å². The van der Waals surface area contributed by atoms with Gasteiger partial charge in [0.1, 0.15) is 0 Å². The zero-order chi connectivity index (χ0) is 12.3. The molecule has 2 aromatic rings. The monoisotopic (exact) mass is 241 g/mol. The summed E-state index contributed by atoms with van der Waals surface area (Å²) in [6.07, 6.45) is 0. The molecule has 1 atom stereocenters. The Morgan fingerprint density at radius 2 is 1.41 bits per heavy atom. The first-order valence-corrected chi connectivity index (χ1v) is 5.80. The third kappa shape index (κ3) is 2.67. The lowest BCUT2D eigenvalue weighted by molar-refractivity contribution is 1.04. The first-order chi connectivity index (χ1) is 8.20. The van der Waals surface area contributed by atoms with E-state index in [-0.39, 0.29) is 5.92 Å². The minimum Gasteiger partial charge on any atom is -0.197 e. The summed E-state index contributed by atoms with van der Waals surface area (Å²) in [5, 5.41) is 9.98. The van der Waals surface area contributed by atoms with Gasteiger partial charge in [-0.1, -0.05) is 53.6 Å². The van der Waals surface area contributed by atoms with Crippen LogP contribution in [0.2, 0.25) is 5.02 Å². The summed E-state index contributed by atoms with van der Waals surface area (Å²) in [4.78, 5) is 0. The van der Waals surface area contributed by atoms with Crippen LogP contribution in [-0.2, 0) is 0 Å². The fraction of sp³-hybridized carbons (Fsp3) is 0.133. The molecule has 0 radical (unpaired) electrons. The summed E-state index contributed by atoms with van der Waals surface area (Å²) in [5.74, 6) is -0.229. The van der Waals surface area contributed by atoms with E-state index < -0.39 is 0 Å². The van der Waals surface area contributed by atoms with E-state index in [9.17, 15) is 5.26 Å². The van der Waals surface area contributed by atoms with Crippen molar-refractivity contribution in [2.75, 3.05) is 0 Å². The molecular weight excluding hydrogens is 230 g/mol. The first kappa shape index (κ1) is 11.7. The quantitative estimate of drug-likeness (QED) is 0.769. The minimum absolute atomic E-state index is 0.229. The Hall–Kier alpha value is -1.78. The van der Waals surface area contributed by atoms with Crippen molar-refractivity contribution in [3.8, 4) is 6.07 Å². The van der Waals surface area contributed by atoms with Gasteiger partial charge in [0.2, 0.25) is 0 Å². The summed E-state index contributed by atoms with van der Waals surface area (Å²) in [5.41, 5.74) is 3.18. The third-order valence-corrected chi connectivity index (χ3v) is 3.00. The summed E-state index contributed by atoms with van der Waals surface area (Å²) in [6.45, 7) is 2.04. The average Bonchev–Trinajstić information content (AvgIpc) is 2.35. The molecule has 0 aliphatic carbocycles. The lowest BCUT2D eigenvalue weighted by atomic mass is 9.92. The van der Waals surface area contributed by atoms with Crippen LogP contribution in [0.1, 0.15) is 22.6 Å². The maximum atomic E-state index is 9.29. The molecule has 2 aromatic carbocycles. The van der Waals surface area contributed by atoms with Crippen molar-refractivity contribution in [1.82, 2.24) is 0 Å². The first-order valence-electron chi connectivity index (χ1n) is 5.42. The number of nitriles is 1. The number of aryl methyl sites for hydroxylation is 1. The van der Waals surface area contributed by atoms with E-state index in [4.69, 9.17) is 11.6 Å². The van der Waals surface area contributed by atoms with Gasteiger partial charge in [-0.3, -0.25) is 0 Å². The van der Waals surface area contributed by atoms with E-state index in [2.05, 4.69) is 6.07 Å². The van der Waals surface area contributed by atoms with Crippen molar-refractivity contribution < 1.29 is 0 Å². The van der Waals surface area contributed by atoms with Gasteiger partial charge in [-0.05, 0) is 30.2 Å². The molecule has 0 aliphatic heterocycles. The number of rotatable bonds is 2. The van der Waals surface area contributed by atoms with Crippen molar-refractivity contribution in [2.24, 2.45) is 0 Å². The van der Waals surface area contributed by atoms with Crippen molar-refractivity contribution >= 4 is 11.6 Å². The predicted molar refractivity (Wildman–Crippen MR) is 70.1 cm³/mol.